The summed E-state index contributed by atoms with van der Waals surface area (Å²) in [5.74, 6) is -0.564. The zero-order valence-electron chi connectivity index (χ0n) is 14.8. The van der Waals surface area contributed by atoms with Crippen molar-refractivity contribution >= 4 is 28.2 Å². The van der Waals surface area contributed by atoms with Crippen LogP contribution >= 0.6 is 11.3 Å². The van der Waals surface area contributed by atoms with E-state index in [1.54, 1.807) is 48.5 Å². The van der Waals surface area contributed by atoms with Gasteiger partial charge in [-0.1, -0.05) is 80.6 Å². The van der Waals surface area contributed by atoms with E-state index in [-0.39, 0.29) is 17.1 Å². The molecule has 5 nitrogen and oxygen atoms in total. The quantitative estimate of drug-likeness (QED) is 0.699. The van der Waals surface area contributed by atoms with E-state index in [1.165, 1.54) is 11.3 Å². The Morgan fingerprint density at radius 1 is 0.885 bits per heavy atom. The maximum absolute atomic E-state index is 12.8. The number of rotatable bonds is 4. The summed E-state index contributed by atoms with van der Waals surface area (Å²) in [7, 11) is 0. The van der Waals surface area contributed by atoms with Crippen molar-refractivity contribution < 1.29 is 9.59 Å². The molecule has 1 N–H and O–H groups in total. The van der Waals surface area contributed by atoms with Gasteiger partial charge in [-0.3, -0.25) is 14.9 Å². The lowest BCUT2D eigenvalue weighted by Gasteiger charge is -2.12. The van der Waals surface area contributed by atoms with Gasteiger partial charge in [-0.2, -0.15) is 0 Å². The molecule has 1 heterocycles. The molecule has 0 bridgehead atoms. The van der Waals surface area contributed by atoms with Gasteiger partial charge in [0.1, 0.15) is 5.01 Å². The molecule has 2 aromatic carbocycles. The van der Waals surface area contributed by atoms with Gasteiger partial charge in [0.25, 0.3) is 5.91 Å². The summed E-state index contributed by atoms with van der Waals surface area (Å²) >= 11 is 1.33. The minimum absolute atomic E-state index is 0.137. The third-order valence-corrected chi connectivity index (χ3v) is 5.00. The Labute approximate surface area is 156 Å². The Morgan fingerprint density at radius 3 is 2.12 bits per heavy atom. The monoisotopic (exact) mass is 365 g/mol. The topological polar surface area (TPSA) is 72.0 Å². The highest BCUT2D eigenvalue weighted by atomic mass is 32.1. The van der Waals surface area contributed by atoms with Crippen LogP contribution in [0.2, 0.25) is 0 Å². The van der Waals surface area contributed by atoms with Crippen LogP contribution in [0.4, 0.5) is 5.13 Å². The second-order valence-electron chi connectivity index (χ2n) is 6.86. The molecule has 26 heavy (non-hydrogen) atoms. The summed E-state index contributed by atoms with van der Waals surface area (Å²) in [5.41, 5.74) is 1.08. The number of benzene rings is 2. The fourth-order valence-corrected chi connectivity index (χ4v) is 3.16. The van der Waals surface area contributed by atoms with Crippen molar-refractivity contribution in [1.29, 1.82) is 0 Å². The van der Waals surface area contributed by atoms with Crippen molar-refractivity contribution in [3.8, 4) is 0 Å². The lowest BCUT2D eigenvalue weighted by Crippen LogP contribution is -2.16. The van der Waals surface area contributed by atoms with Gasteiger partial charge in [-0.05, 0) is 6.07 Å². The lowest BCUT2D eigenvalue weighted by molar-refractivity contribution is 0.0996. The number of anilines is 1. The molecule has 0 radical (unpaired) electrons. The molecule has 0 saturated heterocycles. The van der Waals surface area contributed by atoms with E-state index in [0.29, 0.717) is 21.8 Å². The number of carbonyl (C=O) groups excluding carboxylic acids is 2. The molecule has 6 heteroatoms. The fraction of sp³-hybridized carbons (Fsp3) is 0.200. The van der Waals surface area contributed by atoms with Gasteiger partial charge in [-0.15, -0.1) is 10.2 Å². The van der Waals surface area contributed by atoms with E-state index < -0.39 is 0 Å². The summed E-state index contributed by atoms with van der Waals surface area (Å²) in [5, 5.41) is 12.2. The van der Waals surface area contributed by atoms with Crippen LogP contribution in [0.5, 0.6) is 0 Å². The number of aromatic nitrogens is 2. The van der Waals surface area contributed by atoms with E-state index in [0.717, 1.165) is 5.01 Å². The summed E-state index contributed by atoms with van der Waals surface area (Å²) in [6.07, 6.45) is 0. The maximum Gasteiger partial charge on any atom is 0.258 e. The predicted molar refractivity (Wildman–Crippen MR) is 103 cm³/mol. The van der Waals surface area contributed by atoms with Crippen molar-refractivity contribution in [3.63, 3.8) is 0 Å². The highest BCUT2D eigenvalue weighted by Gasteiger charge is 2.22. The first-order valence-corrected chi connectivity index (χ1v) is 9.02. The summed E-state index contributed by atoms with van der Waals surface area (Å²) in [6, 6.07) is 15.7. The van der Waals surface area contributed by atoms with Crippen LogP contribution in [-0.2, 0) is 5.41 Å². The summed E-state index contributed by atoms with van der Waals surface area (Å²) in [6.45, 7) is 6.10. The Kier molecular flexibility index (Phi) is 4.95. The molecule has 1 amide bonds. The third kappa shape index (κ3) is 3.86. The molecule has 0 aliphatic rings. The Morgan fingerprint density at radius 2 is 1.50 bits per heavy atom. The normalized spacial score (nSPS) is 11.2. The molecule has 0 atom stereocenters. The molecule has 0 spiro atoms. The molecule has 0 aliphatic carbocycles. The van der Waals surface area contributed by atoms with Gasteiger partial charge in [0.2, 0.25) is 5.13 Å². The number of amides is 1. The van der Waals surface area contributed by atoms with E-state index in [9.17, 15) is 9.59 Å². The van der Waals surface area contributed by atoms with Crippen molar-refractivity contribution in [2.45, 2.75) is 26.2 Å². The molecular weight excluding hydrogens is 346 g/mol. The molecular formula is C20H19N3O2S. The second-order valence-corrected chi connectivity index (χ2v) is 7.83. The molecule has 1 aromatic heterocycles. The van der Waals surface area contributed by atoms with Gasteiger partial charge in [0, 0.05) is 16.5 Å². The predicted octanol–water partition coefficient (Wildman–Crippen LogP) is 4.32. The average molecular weight is 365 g/mol. The Balaban J connectivity index is 1.87. The van der Waals surface area contributed by atoms with Crippen LogP contribution in [0.1, 0.15) is 52.1 Å². The Hall–Kier alpha value is -2.86. The van der Waals surface area contributed by atoms with Crippen molar-refractivity contribution in [1.82, 2.24) is 10.2 Å². The second kappa shape index (κ2) is 7.17. The van der Waals surface area contributed by atoms with E-state index >= 15 is 0 Å². The zero-order chi connectivity index (χ0) is 18.7. The van der Waals surface area contributed by atoms with Crippen LogP contribution in [-0.4, -0.2) is 21.9 Å². The Bertz CT molecular complexity index is 943. The van der Waals surface area contributed by atoms with Gasteiger partial charge in [0.05, 0.1) is 5.56 Å². The van der Waals surface area contributed by atoms with Crippen LogP contribution < -0.4 is 5.32 Å². The number of ketones is 1. The van der Waals surface area contributed by atoms with Crippen molar-refractivity contribution in [2.24, 2.45) is 0 Å². The molecule has 3 aromatic rings. The van der Waals surface area contributed by atoms with Gasteiger partial charge >= 0.3 is 0 Å². The first kappa shape index (κ1) is 17.9. The van der Waals surface area contributed by atoms with E-state index in [4.69, 9.17) is 0 Å². The number of nitrogens with zero attached hydrogens (tertiary/aromatic N) is 2. The summed E-state index contributed by atoms with van der Waals surface area (Å²) < 4.78 is 0. The van der Waals surface area contributed by atoms with Gasteiger partial charge < -0.3 is 0 Å². The minimum atomic E-state index is -0.374. The van der Waals surface area contributed by atoms with E-state index in [2.05, 4.69) is 15.5 Å². The molecule has 0 unspecified atom stereocenters. The van der Waals surface area contributed by atoms with Crippen molar-refractivity contribution in [2.75, 3.05) is 5.32 Å². The smallest absolute Gasteiger partial charge is 0.258 e. The van der Waals surface area contributed by atoms with E-state index in [1.807, 2.05) is 26.8 Å². The lowest BCUT2D eigenvalue weighted by atomic mass is 9.98. The van der Waals surface area contributed by atoms with Gasteiger partial charge in [0.15, 0.2) is 5.78 Å². The molecule has 3 rings (SSSR count). The third-order valence-electron chi connectivity index (χ3n) is 3.74. The first-order valence-electron chi connectivity index (χ1n) is 8.20. The van der Waals surface area contributed by atoms with Crippen LogP contribution in [0.3, 0.4) is 0 Å². The average Bonchev–Trinajstić information content (AvgIpc) is 3.11. The highest BCUT2D eigenvalue weighted by Crippen LogP contribution is 2.28. The number of hydrogen-bond donors (Lipinski definition) is 1. The van der Waals surface area contributed by atoms with Crippen LogP contribution in [0.25, 0.3) is 0 Å². The molecule has 0 saturated carbocycles. The minimum Gasteiger partial charge on any atom is -0.296 e. The number of carbonyl (C=O) groups is 2. The van der Waals surface area contributed by atoms with Gasteiger partial charge in [-0.25, -0.2) is 0 Å². The highest BCUT2D eigenvalue weighted by molar-refractivity contribution is 7.15. The van der Waals surface area contributed by atoms with Crippen LogP contribution in [0.15, 0.2) is 54.6 Å². The summed E-state index contributed by atoms with van der Waals surface area (Å²) in [4.78, 5) is 25.5. The number of hydrogen-bond acceptors (Lipinski definition) is 5. The zero-order valence-corrected chi connectivity index (χ0v) is 15.6. The maximum atomic E-state index is 12.8. The molecule has 0 aliphatic heterocycles. The first-order chi connectivity index (χ1) is 12.4. The molecule has 0 fully saturated rings. The molecule has 132 valence electrons. The fourth-order valence-electron chi connectivity index (χ4n) is 2.37. The number of nitrogens with one attached hydrogen (secondary N) is 1. The van der Waals surface area contributed by atoms with Crippen molar-refractivity contribution in [3.05, 3.63) is 76.3 Å². The standard InChI is InChI=1S/C20H19N3O2S/c1-20(2,3)18-22-23-19(26-18)21-17(25)15-12-8-7-11-14(15)16(24)13-9-5-4-6-10-13/h4-12H,1-3H3,(H,21,23,25). The van der Waals surface area contributed by atoms with Crippen LogP contribution in [0, 0.1) is 0 Å². The largest absolute Gasteiger partial charge is 0.296 e. The SMILES string of the molecule is CC(C)(C)c1nnc(NC(=O)c2ccccc2C(=O)c2ccccc2)s1.